The van der Waals surface area contributed by atoms with Gasteiger partial charge in [-0.3, -0.25) is 4.79 Å². The van der Waals surface area contributed by atoms with E-state index in [4.69, 9.17) is 5.73 Å². The highest BCUT2D eigenvalue weighted by molar-refractivity contribution is 6.01. The molecule has 0 atom stereocenters. The van der Waals surface area contributed by atoms with Crippen molar-refractivity contribution in [2.24, 2.45) is 0 Å². The number of imide groups is 1. The van der Waals surface area contributed by atoms with E-state index in [1.54, 1.807) is 30.3 Å². The number of hydrogen-bond acceptors (Lipinski definition) is 4. The number of benzene rings is 2. The Hall–Kier alpha value is -3.08. The molecule has 3 rings (SSSR count). The van der Waals surface area contributed by atoms with Crippen LogP contribution < -0.4 is 5.73 Å². The summed E-state index contributed by atoms with van der Waals surface area (Å²) in [4.78, 5) is 23.8. The summed E-state index contributed by atoms with van der Waals surface area (Å²) in [5, 5.41) is 0. The lowest BCUT2D eigenvalue weighted by Gasteiger charge is -2.06. The maximum Gasteiger partial charge on any atom is 0.416 e. The number of anilines is 1. The molecule has 1 aliphatic heterocycles. The van der Waals surface area contributed by atoms with Crippen LogP contribution in [0.1, 0.15) is 31.9 Å². The summed E-state index contributed by atoms with van der Waals surface area (Å²) in [7, 11) is 0. The number of ether oxygens (including phenoxy) is 1. The molecule has 0 unspecified atom stereocenters. The van der Waals surface area contributed by atoms with Crippen LogP contribution in [-0.4, -0.2) is 30.1 Å². The molecule has 5 nitrogen and oxygen atoms in total. The lowest BCUT2D eigenvalue weighted by molar-refractivity contribution is -0.122. The lowest BCUT2D eigenvalue weighted by atomic mass is 10.2. The van der Waals surface area contributed by atoms with E-state index >= 15 is 0 Å². The number of cyclic esters (lactones) is 1. The SMILES string of the molecule is CC.CCc1ccccc1.Nc1ccc(/C=C/C(=O)N2CCOC2=O)cc1. The van der Waals surface area contributed by atoms with E-state index in [1.165, 1.54) is 11.6 Å². The van der Waals surface area contributed by atoms with Gasteiger partial charge in [0.05, 0.1) is 6.54 Å². The average molecular weight is 368 g/mol. The molecule has 1 saturated heterocycles. The first kappa shape index (κ1) is 22.0. The second-order valence-electron chi connectivity index (χ2n) is 5.44. The predicted octanol–water partition coefficient (Wildman–Crippen LogP) is 4.54. The van der Waals surface area contributed by atoms with Crippen LogP contribution in [0.25, 0.3) is 6.08 Å². The first-order valence-electron chi connectivity index (χ1n) is 9.16. The molecule has 2 N–H and O–H groups in total. The van der Waals surface area contributed by atoms with Crippen LogP contribution >= 0.6 is 0 Å². The fourth-order valence-electron chi connectivity index (χ4n) is 2.17. The summed E-state index contributed by atoms with van der Waals surface area (Å²) in [6, 6.07) is 17.5. The van der Waals surface area contributed by atoms with Crippen molar-refractivity contribution >= 4 is 23.8 Å². The number of amides is 2. The van der Waals surface area contributed by atoms with Crippen molar-refractivity contribution < 1.29 is 14.3 Å². The minimum absolute atomic E-state index is 0.264. The minimum Gasteiger partial charge on any atom is -0.447 e. The van der Waals surface area contributed by atoms with Gasteiger partial charge < -0.3 is 10.5 Å². The predicted molar refractivity (Wildman–Crippen MR) is 110 cm³/mol. The Labute approximate surface area is 161 Å². The van der Waals surface area contributed by atoms with Crippen LogP contribution in [0.2, 0.25) is 0 Å². The van der Waals surface area contributed by atoms with Crippen molar-refractivity contribution in [3.05, 3.63) is 71.8 Å². The summed E-state index contributed by atoms with van der Waals surface area (Å²) in [6.45, 7) is 6.74. The zero-order valence-corrected chi connectivity index (χ0v) is 16.2. The van der Waals surface area contributed by atoms with Crippen molar-refractivity contribution in [3.8, 4) is 0 Å². The van der Waals surface area contributed by atoms with Gasteiger partial charge in [-0.15, -0.1) is 0 Å². The molecule has 2 aromatic rings. The van der Waals surface area contributed by atoms with Gasteiger partial charge in [0, 0.05) is 11.8 Å². The van der Waals surface area contributed by atoms with Crippen molar-refractivity contribution in [2.45, 2.75) is 27.2 Å². The molecule has 1 aliphatic rings. The molecule has 2 aromatic carbocycles. The first-order valence-corrected chi connectivity index (χ1v) is 9.16. The monoisotopic (exact) mass is 368 g/mol. The van der Waals surface area contributed by atoms with Gasteiger partial charge in [-0.2, -0.15) is 0 Å². The zero-order chi connectivity index (χ0) is 20.1. The molecule has 27 heavy (non-hydrogen) atoms. The van der Waals surface area contributed by atoms with E-state index in [1.807, 2.05) is 19.9 Å². The molecule has 0 aliphatic carbocycles. The van der Waals surface area contributed by atoms with Gasteiger partial charge in [0.2, 0.25) is 0 Å². The maximum atomic E-state index is 11.6. The van der Waals surface area contributed by atoms with Gasteiger partial charge >= 0.3 is 6.09 Å². The van der Waals surface area contributed by atoms with Gasteiger partial charge in [-0.1, -0.05) is 63.2 Å². The number of nitrogens with two attached hydrogens (primary N) is 1. The molecule has 144 valence electrons. The fraction of sp³-hybridized carbons (Fsp3) is 0.273. The number of aryl methyl sites for hydroxylation is 1. The largest absolute Gasteiger partial charge is 0.447 e. The number of nitrogen functional groups attached to an aromatic ring is 1. The van der Waals surface area contributed by atoms with E-state index in [2.05, 4.69) is 35.9 Å². The molecule has 1 heterocycles. The van der Waals surface area contributed by atoms with Crippen LogP contribution in [0.5, 0.6) is 0 Å². The second-order valence-corrected chi connectivity index (χ2v) is 5.44. The van der Waals surface area contributed by atoms with Gasteiger partial charge in [-0.05, 0) is 35.8 Å². The number of carbonyl (C=O) groups excluding carboxylic acids is 2. The first-order chi connectivity index (χ1) is 13.1. The summed E-state index contributed by atoms with van der Waals surface area (Å²) in [5.41, 5.74) is 8.46. The number of rotatable bonds is 3. The molecule has 5 heteroatoms. The highest BCUT2D eigenvalue weighted by Gasteiger charge is 2.26. The Bertz CT molecular complexity index is 725. The molecular formula is C22H28N2O3. The third kappa shape index (κ3) is 7.77. The maximum absolute atomic E-state index is 11.6. The average Bonchev–Trinajstić information content (AvgIpc) is 3.16. The van der Waals surface area contributed by atoms with Crippen molar-refractivity contribution in [2.75, 3.05) is 18.9 Å². The van der Waals surface area contributed by atoms with Crippen molar-refractivity contribution in [1.82, 2.24) is 4.90 Å². The second kappa shape index (κ2) is 12.3. The Morgan fingerprint density at radius 3 is 2.22 bits per heavy atom. The van der Waals surface area contributed by atoms with E-state index < -0.39 is 6.09 Å². The minimum atomic E-state index is -0.586. The smallest absolute Gasteiger partial charge is 0.416 e. The summed E-state index contributed by atoms with van der Waals surface area (Å²) in [5.74, 6) is -0.371. The van der Waals surface area contributed by atoms with E-state index in [-0.39, 0.29) is 12.5 Å². The third-order valence-corrected chi connectivity index (χ3v) is 3.63. The van der Waals surface area contributed by atoms with Crippen LogP contribution in [0.4, 0.5) is 10.5 Å². The standard InChI is InChI=1S/C12H12N2O3.C8H10.C2H6/c13-10-4-1-9(2-5-10)3-6-11(15)14-7-8-17-12(14)16;1-2-8-6-4-3-5-7-8;1-2/h1-6H,7-8,13H2;3-7H,2H2,1H3;1-2H3/b6-3+;;. The van der Waals surface area contributed by atoms with E-state index in [0.29, 0.717) is 12.2 Å². The van der Waals surface area contributed by atoms with Crippen LogP contribution in [-0.2, 0) is 16.0 Å². The molecule has 1 fully saturated rings. The molecule has 0 spiro atoms. The van der Waals surface area contributed by atoms with E-state index in [0.717, 1.165) is 16.9 Å². The van der Waals surface area contributed by atoms with Crippen LogP contribution in [0, 0.1) is 0 Å². The Balaban J connectivity index is 0.000000305. The van der Waals surface area contributed by atoms with Gasteiger partial charge in [0.25, 0.3) is 5.91 Å². The van der Waals surface area contributed by atoms with E-state index in [9.17, 15) is 9.59 Å². The van der Waals surface area contributed by atoms with Crippen molar-refractivity contribution in [1.29, 1.82) is 0 Å². The van der Waals surface area contributed by atoms with Gasteiger partial charge in [0.15, 0.2) is 0 Å². The third-order valence-electron chi connectivity index (χ3n) is 3.63. The highest BCUT2D eigenvalue weighted by atomic mass is 16.6. The highest BCUT2D eigenvalue weighted by Crippen LogP contribution is 2.09. The summed E-state index contributed by atoms with van der Waals surface area (Å²) < 4.78 is 4.67. The quantitative estimate of drug-likeness (QED) is 0.638. The zero-order valence-electron chi connectivity index (χ0n) is 16.2. The Kier molecular flexibility index (Phi) is 10.0. The number of hydrogen-bond donors (Lipinski definition) is 1. The topological polar surface area (TPSA) is 72.6 Å². The Morgan fingerprint density at radius 2 is 1.74 bits per heavy atom. The molecule has 0 saturated carbocycles. The molecule has 2 amide bonds. The normalized spacial score (nSPS) is 12.6. The van der Waals surface area contributed by atoms with Gasteiger partial charge in [0.1, 0.15) is 6.61 Å². The van der Waals surface area contributed by atoms with Crippen molar-refractivity contribution in [3.63, 3.8) is 0 Å². The van der Waals surface area contributed by atoms with Crippen LogP contribution in [0.3, 0.4) is 0 Å². The summed E-state index contributed by atoms with van der Waals surface area (Å²) >= 11 is 0. The summed E-state index contributed by atoms with van der Waals surface area (Å²) in [6.07, 6.45) is 3.53. The molecule has 0 bridgehead atoms. The lowest BCUT2D eigenvalue weighted by Crippen LogP contribution is -2.29. The Morgan fingerprint density at radius 1 is 1.11 bits per heavy atom. The molecule has 0 aromatic heterocycles. The van der Waals surface area contributed by atoms with Gasteiger partial charge in [-0.25, -0.2) is 9.69 Å². The fourth-order valence-corrected chi connectivity index (χ4v) is 2.17. The van der Waals surface area contributed by atoms with Crippen LogP contribution in [0.15, 0.2) is 60.7 Å². The number of carbonyl (C=O) groups is 2. The molecular weight excluding hydrogens is 340 g/mol. The number of nitrogens with zero attached hydrogens (tertiary/aromatic N) is 1. The molecule has 0 radical (unpaired) electrons.